The SMILES string of the molecule is CCSc1ccc(-c2cc3cc(-c4cnc(OC)c(NSC(C)(C)F)c4)ccc3nc2N)cc1. The van der Waals surface area contributed by atoms with Crippen molar-refractivity contribution in [2.24, 2.45) is 0 Å². The highest BCUT2D eigenvalue weighted by Gasteiger charge is 2.18. The van der Waals surface area contributed by atoms with Gasteiger partial charge in [-0.1, -0.05) is 25.1 Å². The van der Waals surface area contributed by atoms with Gasteiger partial charge in [0.25, 0.3) is 0 Å². The lowest BCUT2D eigenvalue weighted by atomic mass is 10.0. The van der Waals surface area contributed by atoms with Gasteiger partial charge in [0, 0.05) is 27.6 Å². The Kier molecular flexibility index (Phi) is 7.19. The number of nitrogens with two attached hydrogens (primary N) is 1. The molecule has 34 heavy (non-hydrogen) atoms. The highest BCUT2D eigenvalue weighted by atomic mass is 32.2. The summed E-state index contributed by atoms with van der Waals surface area (Å²) in [6.45, 7) is 5.12. The monoisotopic (exact) mass is 494 g/mol. The van der Waals surface area contributed by atoms with E-state index in [4.69, 9.17) is 10.5 Å². The van der Waals surface area contributed by atoms with Crippen molar-refractivity contribution in [2.45, 2.75) is 30.7 Å². The van der Waals surface area contributed by atoms with Crippen LogP contribution in [0.3, 0.4) is 0 Å². The molecule has 0 radical (unpaired) electrons. The minimum Gasteiger partial charge on any atom is -0.480 e. The molecule has 0 aliphatic heterocycles. The topological polar surface area (TPSA) is 73.1 Å². The second kappa shape index (κ2) is 10.1. The average Bonchev–Trinajstić information content (AvgIpc) is 2.82. The third-order valence-electron chi connectivity index (χ3n) is 5.10. The number of hydrogen-bond acceptors (Lipinski definition) is 7. The molecule has 0 atom stereocenters. The summed E-state index contributed by atoms with van der Waals surface area (Å²) >= 11 is 2.77. The summed E-state index contributed by atoms with van der Waals surface area (Å²) in [5.74, 6) is 1.94. The summed E-state index contributed by atoms with van der Waals surface area (Å²) in [6, 6.07) is 18.3. The number of rotatable bonds is 8. The molecule has 0 bridgehead atoms. The van der Waals surface area contributed by atoms with Crippen LogP contribution < -0.4 is 15.2 Å². The standard InChI is InChI=1S/C26H27FN4OS2/c1-5-33-20-9-6-16(7-10-20)21-13-18-12-17(8-11-22(18)30-24(21)28)19-14-23(25(32-4)29-15-19)31-34-26(2,3)27/h6-15,31H,5H2,1-4H3,(H2,28,30). The number of pyridine rings is 2. The number of halogens is 1. The van der Waals surface area contributed by atoms with E-state index in [9.17, 15) is 4.39 Å². The van der Waals surface area contributed by atoms with Gasteiger partial charge in [0.2, 0.25) is 5.88 Å². The molecule has 2 aromatic carbocycles. The first kappa shape index (κ1) is 24.2. The van der Waals surface area contributed by atoms with Gasteiger partial charge in [0.05, 0.1) is 12.6 Å². The molecular weight excluding hydrogens is 467 g/mol. The Bertz CT molecular complexity index is 1310. The molecule has 0 aliphatic carbocycles. The Morgan fingerprint density at radius 2 is 1.76 bits per heavy atom. The van der Waals surface area contributed by atoms with E-state index in [1.807, 2.05) is 18.2 Å². The summed E-state index contributed by atoms with van der Waals surface area (Å²) in [7, 11) is 1.54. The number of benzene rings is 2. The molecule has 0 aliphatic rings. The summed E-state index contributed by atoms with van der Waals surface area (Å²) in [4.78, 5) is 10.3. The average molecular weight is 495 g/mol. The minimum atomic E-state index is -1.45. The maximum absolute atomic E-state index is 14.0. The van der Waals surface area contributed by atoms with E-state index in [1.54, 1.807) is 25.1 Å². The molecule has 4 rings (SSSR count). The van der Waals surface area contributed by atoms with Crippen LogP contribution in [0.4, 0.5) is 15.9 Å². The van der Waals surface area contributed by atoms with E-state index < -0.39 is 5.00 Å². The summed E-state index contributed by atoms with van der Waals surface area (Å²) < 4.78 is 22.4. The number of nitrogen functional groups attached to an aromatic ring is 1. The van der Waals surface area contributed by atoms with Gasteiger partial charge < -0.3 is 15.2 Å². The normalized spacial score (nSPS) is 11.6. The molecule has 0 fully saturated rings. The van der Waals surface area contributed by atoms with E-state index >= 15 is 0 Å². The number of hydrogen-bond donors (Lipinski definition) is 2. The fraction of sp³-hybridized carbons (Fsp3) is 0.231. The van der Waals surface area contributed by atoms with Crippen LogP contribution in [0.1, 0.15) is 20.8 Å². The Hall–Kier alpha value is -2.97. The first-order chi connectivity index (χ1) is 16.3. The van der Waals surface area contributed by atoms with Gasteiger partial charge in [-0.3, -0.25) is 0 Å². The van der Waals surface area contributed by atoms with E-state index in [1.165, 1.54) is 18.7 Å². The molecule has 0 saturated heterocycles. The van der Waals surface area contributed by atoms with E-state index in [0.29, 0.717) is 17.4 Å². The predicted octanol–water partition coefficient (Wildman–Crippen LogP) is 7.43. The van der Waals surface area contributed by atoms with Gasteiger partial charge in [0.1, 0.15) is 11.5 Å². The third kappa shape index (κ3) is 5.56. The van der Waals surface area contributed by atoms with Crippen LogP contribution in [-0.2, 0) is 0 Å². The summed E-state index contributed by atoms with van der Waals surface area (Å²) in [5.41, 5.74) is 11.5. The number of methoxy groups -OCH3 is 1. The second-order valence-electron chi connectivity index (χ2n) is 8.13. The molecule has 0 spiro atoms. The molecule has 2 heterocycles. The Morgan fingerprint density at radius 1 is 1.03 bits per heavy atom. The number of nitrogens with one attached hydrogen (secondary N) is 1. The first-order valence-electron chi connectivity index (χ1n) is 10.9. The summed E-state index contributed by atoms with van der Waals surface area (Å²) in [6.07, 6.45) is 1.74. The zero-order valence-corrected chi connectivity index (χ0v) is 21.2. The molecule has 0 saturated carbocycles. The van der Waals surface area contributed by atoms with Crippen LogP contribution in [0.2, 0.25) is 0 Å². The number of nitrogens with zero attached hydrogens (tertiary/aromatic N) is 2. The van der Waals surface area contributed by atoms with Gasteiger partial charge in [-0.05, 0) is 79.1 Å². The van der Waals surface area contributed by atoms with Crippen LogP contribution in [0.5, 0.6) is 5.88 Å². The van der Waals surface area contributed by atoms with Crippen LogP contribution in [0, 0.1) is 0 Å². The van der Waals surface area contributed by atoms with Gasteiger partial charge >= 0.3 is 0 Å². The first-order valence-corrected chi connectivity index (χ1v) is 12.7. The van der Waals surface area contributed by atoms with Crippen molar-refractivity contribution in [3.63, 3.8) is 0 Å². The predicted molar refractivity (Wildman–Crippen MR) is 144 cm³/mol. The number of thioether (sulfide) groups is 1. The highest BCUT2D eigenvalue weighted by molar-refractivity contribution is 8.01. The van der Waals surface area contributed by atoms with Crippen molar-refractivity contribution in [3.8, 4) is 28.1 Å². The number of anilines is 2. The van der Waals surface area contributed by atoms with Gasteiger partial charge in [0.15, 0.2) is 5.00 Å². The van der Waals surface area contributed by atoms with Crippen molar-refractivity contribution in [1.82, 2.24) is 9.97 Å². The van der Waals surface area contributed by atoms with Crippen molar-refractivity contribution in [2.75, 3.05) is 23.3 Å². The molecule has 0 amide bonds. The van der Waals surface area contributed by atoms with E-state index in [-0.39, 0.29) is 0 Å². The molecular formula is C26H27FN4OS2. The smallest absolute Gasteiger partial charge is 0.237 e. The zero-order valence-electron chi connectivity index (χ0n) is 19.6. The lowest BCUT2D eigenvalue weighted by Gasteiger charge is -2.16. The van der Waals surface area contributed by atoms with Crippen LogP contribution in [-0.4, -0.2) is 27.8 Å². The Labute approximate surface area is 207 Å². The van der Waals surface area contributed by atoms with Crippen molar-refractivity contribution in [3.05, 3.63) is 60.8 Å². The number of fused-ring (bicyclic) bond motifs is 1. The molecule has 5 nitrogen and oxygen atoms in total. The maximum atomic E-state index is 14.0. The second-order valence-corrected chi connectivity index (χ2v) is 10.9. The third-order valence-corrected chi connectivity index (χ3v) is 6.80. The molecule has 2 aromatic heterocycles. The number of alkyl halides is 1. The number of ether oxygens (including phenoxy) is 1. The molecule has 4 aromatic rings. The van der Waals surface area contributed by atoms with Gasteiger partial charge in [-0.15, -0.1) is 11.8 Å². The van der Waals surface area contributed by atoms with Crippen LogP contribution >= 0.6 is 23.7 Å². The van der Waals surface area contributed by atoms with Crippen molar-refractivity contribution in [1.29, 1.82) is 0 Å². The van der Waals surface area contributed by atoms with E-state index in [0.717, 1.165) is 50.9 Å². The van der Waals surface area contributed by atoms with Crippen molar-refractivity contribution < 1.29 is 9.13 Å². The van der Waals surface area contributed by atoms with Gasteiger partial charge in [-0.25, -0.2) is 14.4 Å². The van der Waals surface area contributed by atoms with Crippen LogP contribution in [0.25, 0.3) is 33.2 Å². The lowest BCUT2D eigenvalue weighted by molar-refractivity contribution is 0.347. The van der Waals surface area contributed by atoms with Crippen molar-refractivity contribution >= 4 is 46.1 Å². The quantitative estimate of drug-likeness (QED) is 0.195. The lowest BCUT2D eigenvalue weighted by Crippen LogP contribution is -2.09. The molecule has 3 N–H and O–H groups in total. The fourth-order valence-corrected chi connectivity index (χ4v) is 4.68. The molecule has 8 heteroatoms. The zero-order chi connectivity index (χ0) is 24.3. The molecule has 0 unspecified atom stereocenters. The highest BCUT2D eigenvalue weighted by Crippen LogP contribution is 2.36. The largest absolute Gasteiger partial charge is 0.480 e. The van der Waals surface area contributed by atoms with E-state index in [2.05, 4.69) is 58.0 Å². The number of aromatic nitrogens is 2. The van der Waals surface area contributed by atoms with Gasteiger partial charge in [-0.2, -0.15) is 0 Å². The maximum Gasteiger partial charge on any atom is 0.237 e. The summed E-state index contributed by atoms with van der Waals surface area (Å²) in [5, 5.41) is -0.474. The van der Waals surface area contributed by atoms with Crippen LogP contribution in [0.15, 0.2) is 65.7 Å². The fourth-order valence-electron chi connectivity index (χ4n) is 3.52. The Balaban J connectivity index is 1.71. The Morgan fingerprint density at radius 3 is 2.44 bits per heavy atom. The minimum absolute atomic E-state index is 0.405. The molecule has 176 valence electrons.